The van der Waals surface area contributed by atoms with Crippen LogP contribution in [0.3, 0.4) is 0 Å². The summed E-state index contributed by atoms with van der Waals surface area (Å²) in [6.07, 6.45) is 0. The number of hydrogen-bond donors (Lipinski definition) is 0. The number of rotatable bonds is 0. The summed E-state index contributed by atoms with van der Waals surface area (Å²) < 4.78 is 15.8. The van der Waals surface area contributed by atoms with E-state index in [1.54, 1.807) is 0 Å². The third-order valence-electron chi connectivity index (χ3n) is 0. The van der Waals surface area contributed by atoms with E-state index in [0.717, 1.165) is 0 Å². The molecule has 0 bridgehead atoms. The van der Waals surface area contributed by atoms with Gasteiger partial charge in [0.1, 0.15) is 0 Å². The number of hydrogen-bond acceptors (Lipinski definition) is 0. The Bertz CT molecular complexity index is 6.90. The molecular weight excluding hydrogens is 48.0 g/mol. The van der Waals surface area contributed by atoms with Gasteiger partial charge in [-0.15, -0.1) is 0 Å². The van der Waals surface area contributed by atoms with Crippen LogP contribution in [0.1, 0.15) is 34.0 Å². The molecule has 0 fully saturated rings. The summed E-state index contributed by atoms with van der Waals surface area (Å²) in [7, 11) is 1.25. The molecule has 0 rings (SSSR count). The van der Waals surface area contributed by atoms with Crippen molar-refractivity contribution < 1.29 is 4.34 Å². The van der Waals surface area contributed by atoms with Gasteiger partial charge in [0.25, 0.3) is 0 Å². The van der Waals surface area contributed by atoms with Gasteiger partial charge in [0, 0.05) is 4.34 Å². The third-order valence-corrected chi connectivity index (χ3v) is 0. The largest absolute Gasteiger partial charge is 0.0776 e. The molecule has 0 amide bonds. The second kappa shape index (κ2) is 0. The molecule has 0 aliphatic rings. The molecular formula is C4H18. The lowest BCUT2D eigenvalue weighted by Crippen LogP contribution is 0.143. The van der Waals surface area contributed by atoms with Crippen molar-refractivity contribution in [1.29, 1.82) is 0 Å². The van der Waals surface area contributed by atoms with Gasteiger partial charge < -0.3 is 0 Å². The van der Waals surface area contributed by atoms with Gasteiger partial charge in [0.15, 0.2) is 0 Å². The van der Waals surface area contributed by atoms with Crippen LogP contribution in [-0.2, 0) is 0 Å². The van der Waals surface area contributed by atoms with Crippen LogP contribution in [-0.4, -0.2) is 0 Å². The Morgan fingerprint density at radius 1 is 1.25 bits per heavy atom. The van der Waals surface area contributed by atoms with Gasteiger partial charge in [-0.3, -0.25) is 0 Å². The Hall–Kier alpha value is 0. The highest BCUT2D eigenvalue weighted by Gasteiger charge is -0.0746. The molecule has 0 heteroatoms. The second-order valence-corrected chi connectivity index (χ2v) is 0. The van der Waals surface area contributed by atoms with Crippen LogP contribution in [0.25, 0.3) is 0 Å². The Balaban J connectivity index is -0.00000000267. The zero-order valence-electron chi connectivity index (χ0n) is 4.00. The fourth-order valence-corrected chi connectivity index (χ4v) is 0. The predicted octanol–water partition coefficient (Wildman–Crippen LogP) is 2.79. The maximum absolute atomic E-state index is 5.75. The van der Waals surface area contributed by atoms with Crippen LogP contribution in [0.15, 0.2) is 0 Å². The highest BCUT2D eigenvalue weighted by molar-refractivity contribution is 2.51. The van der Waals surface area contributed by atoms with Crippen LogP contribution in [0.2, 0.25) is 0 Å². The quantitative estimate of drug-likeness (QED) is 0.413. The molecule has 0 saturated heterocycles. The smallest absolute Gasteiger partial charge is 0.0194 e. The average molecular weight is 72.2 g/mol. The highest BCUT2D eigenvalue weighted by Crippen LogP contribution is 0.147. The Labute approximate surface area is 35.3 Å². The minimum Gasteiger partial charge on any atom is -0.0776 e. The molecule has 0 unspecified atom stereocenters. The standard InChI is InChI=1S/4CH4.H2/h4*1H4;1H/i1T;;;;1+2T. The fourth-order valence-electron chi connectivity index (χ4n) is 0. The van der Waals surface area contributed by atoms with Gasteiger partial charge in [-0.05, 0) is 0 Å². The average Bonchev–Trinajstić information content (AvgIpc) is 1.50. The molecule has 34 valence electrons. The lowest BCUT2D eigenvalue weighted by molar-refractivity contribution is 2.50. The van der Waals surface area contributed by atoms with Gasteiger partial charge in [0.05, 0.1) is 0 Å². The van der Waals surface area contributed by atoms with Gasteiger partial charge in [-0.25, -0.2) is 0 Å². The van der Waals surface area contributed by atoms with E-state index in [1.807, 2.05) is 0 Å². The molecule has 0 nitrogen and oxygen atoms in total. The zero-order chi connectivity index (χ0) is 4.00. The highest BCUT2D eigenvalue weighted by atomic mass is 12.0. The summed E-state index contributed by atoms with van der Waals surface area (Å²) >= 11 is 0. The molecule has 0 aliphatic carbocycles. The molecule has 0 N–H and O–H groups in total. The van der Waals surface area contributed by atoms with Crippen molar-refractivity contribution in [2.45, 2.75) is 29.7 Å². The zero-order valence-corrected chi connectivity index (χ0v) is 1.00. The van der Waals surface area contributed by atoms with Crippen LogP contribution in [0, 0.1) is 0 Å². The summed E-state index contributed by atoms with van der Waals surface area (Å²) in [5.41, 5.74) is 0. The summed E-state index contributed by atoms with van der Waals surface area (Å²) in [6, 6.07) is 0. The van der Waals surface area contributed by atoms with E-state index >= 15 is 0 Å². The van der Waals surface area contributed by atoms with Crippen LogP contribution >= 0.6 is 0 Å². The maximum Gasteiger partial charge on any atom is 0.0194 e. The van der Waals surface area contributed by atoms with E-state index in [-0.39, 0.29) is 22.3 Å². The van der Waals surface area contributed by atoms with E-state index in [4.69, 9.17) is 4.34 Å². The van der Waals surface area contributed by atoms with E-state index in [2.05, 4.69) is 0 Å². The molecule has 0 aliphatic heterocycles. The van der Waals surface area contributed by atoms with Crippen molar-refractivity contribution in [2.24, 2.45) is 0 Å². The SMILES string of the molecule is C.C.C.[3H]C.[3H][3H]. The molecule has 0 aromatic heterocycles. The van der Waals surface area contributed by atoms with Crippen molar-refractivity contribution in [3.05, 3.63) is 0 Å². The van der Waals surface area contributed by atoms with E-state index < -0.39 is 0 Å². The first-order chi connectivity index (χ1) is 2.00. The predicted molar refractivity (Wildman–Crippen MR) is 29.0 cm³/mol. The minimum absolute atomic E-state index is 0. The van der Waals surface area contributed by atoms with Gasteiger partial charge >= 0.3 is 0 Å². The van der Waals surface area contributed by atoms with Gasteiger partial charge in [-0.1, -0.05) is 29.7 Å². The minimum atomic E-state index is 0. The fraction of sp³-hybridized carbons (Fsp3) is 1.00. The summed E-state index contributed by atoms with van der Waals surface area (Å²) in [4.78, 5) is 0. The van der Waals surface area contributed by atoms with E-state index in [1.165, 1.54) is 7.40 Å². The third kappa shape index (κ3) is 0. The maximum atomic E-state index is 5.75. The lowest BCUT2D eigenvalue weighted by Gasteiger charge is -0.0786. The first kappa shape index (κ1) is 9.00. The van der Waals surface area contributed by atoms with Crippen LogP contribution < -0.4 is 0 Å². The van der Waals surface area contributed by atoms with E-state index in [9.17, 15) is 0 Å². The monoisotopic (exact) mass is 72.2 g/mol. The van der Waals surface area contributed by atoms with Crippen molar-refractivity contribution in [3.63, 3.8) is 0 Å². The molecule has 0 spiro atoms. The summed E-state index contributed by atoms with van der Waals surface area (Å²) in [5.74, 6) is 0. The first-order valence-corrected chi connectivity index (χ1v) is 0. The van der Waals surface area contributed by atoms with E-state index in [0.29, 0.717) is 0 Å². The second-order valence-electron chi connectivity index (χ2n) is 0. The Morgan fingerprint density at radius 3 is 1.25 bits per heavy atom. The summed E-state index contributed by atoms with van der Waals surface area (Å²) in [5, 5.41) is 0. The molecule has 0 heterocycles. The van der Waals surface area contributed by atoms with Crippen molar-refractivity contribution in [3.8, 4) is 0 Å². The molecule has 0 aromatic rings. The Kier molecular flexibility index (Phi) is 0. The molecule has 0 atom stereocenters. The Morgan fingerprint density at radius 2 is 1.25 bits per heavy atom. The lowest BCUT2D eigenvalue weighted by atomic mass is 12.0. The van der Waals surface area contributed by atoms with Crippen LogP contribution in [0.4, 0.5) is 0 Å². The molecule has 0 radical (unpaired) electrons. The summed E-state index contributed by atoms with van der Waals surface area (Å²) in [6.45, 7) is 0. The van der Waals surface area contributed by atoms with Crippen LogP contribution in [0.5, 0.6) is 0 Å². The topological polar surface area (TPSA) is 0 Å². The van der Waals surface area contributed by atoms with Crippen molar-refractivity contribution >= 4 is 0 Å². The molecule has 4 heavy (non-hydrogen) atoms. The normalized spacial score (nSPS) is 3.75. The molecule has 0 saturated carbocycles. The van der Waals surface area contributed by atoms with Crippen molar-refractivity contribution in [1.82, 2.24) is 0 Å². The molecule has 0 aromatic carbocycles. The van der Waals surface area contributed by atoms with Gasteiger partial charge in [0.2, 0.25) is 0 Å². The van der Waals surface area contributed by atoms with Gasteiger partial charge in [-0.2, -0.15) is 0 Å². The van der Waals surface area contributed by atoms with Crippen molar-refractivity contribution in [2.75, 3.05) is 0 Å². The first-order valence-electron chi connectivity index (χ1n) is 2.00.